The van der Waals surface area contributed by atoms with E-state index in [0.717, 1.165) is 42.8 Å². The number of fused-ring (bicyclic) bond motifs is 1. The second kappa shape index (κ2) is 8.93. The van der Waals surface area contributed by atoms with Gasteiger partial charge in [0.25, 0.3) is 0 Å². The minimum Gasteiger partial charge on any atom is -0.494 e. The first-order valence-electron chi connectivity index (χ1n) is 10.4. The van der Waals surface area contributed by atoms with Crippen molar-refractivity contribution < 1.29 is 14.3 Å². The Morgan fingerprint density at radius 1 is 1.11 bits per heavy atom. The molecule has 148 valence electrons. The van der Waals surface area contributed by atoms with Crippen LogP contribution in [0.15, 0.2) is 24.3 Å². The van der Waals surface area contributed by atoms with Gasteiger partial charge in [-0.15, -0.1) is 0 Å². The van der Waals surface area contributed by atoms with Gasteiger partial charge in [0.15, 0.2) is 0 Å². The van der Waals surface area contributed by atoms with E-state index in [4.69, 9.17) is 9.47 Å². The Balaban J connectivity index is 1.14. The van der Waals surface area contributed by atoms with Crippen LogP contribution in [0.3, 0.4) is 0 Å². The summed E-state index contributed by atoms with van der Waals surface area (Å²) in [5, 5.41) is 2.93. The maximum atomic E-state index is 12.2. The molecule has 2 saturated heterocycles. The molecule has 1 N–H and O–H groups in total. The quantitative estimate of drug-likeness (QED) is 0.779. The standard InChI is InChI=1S/C21H31N3O3/c25-21(24-10-13-26-14-11-24)22-19-5-7-20(8-6-19)27-12-2-9-23-15-17-3-1-4-18(17)16-23/h5-8,17-18H,1-4,9-16H2,(H,22,25). The molecule has 0 spiro atoms. The highest BCUT2D eigenvalue weighted by Crippen LogP contribution is 2.37. The Morgan fingerprint density at radius 3 is 2.52 bits per heavy atom. The molecule has 3 fully saturated rings. The average Bonchev–Trinajstić information content (AvgIpc) is 3.29. The fourth-order valence-corrected chi connectivity index (χ4v) is 4.60. The van der Waals surface area contributed by atoms with Gasteiger partial charge in [-0.05, 0) is 55.4 Å². The van der Waals surface area contributed by atoms with Crippen LogP contribution in [-0.4, -0.2) is 68.4 Å². The third-order valence-corrected chi connectivity index (χ3v) is 6.09. The van der Waals surface area contributed by atoms with Crippen LogP contribution in [0, 0.1) is 11.8 Å². The number of ether oxygens (including phenoxy) is 2. The zero-order chi connectivity index (χ0) is 18.5. The molecule has 1 aromatic carbocycles. The van der Waals surface area contributed by atoms with E-state index in [1.165, 1.54) is 32.4 Å². The number of hydrogen-bond donors (Lipinski definition) is 1. The number of nitrogens with one attached hydrogen (secondary N) is 1. The van der Waals surface area contributed by atoms with Gasteiger partial charge < -0.3 is 24.6 Å². The molecular formula is C21H31N3O3. The van der Waals surface area contributed by atoms with Gasteiger partial charge in [0.1, 0.15) is 5.75 Å². The fraction of sp³-hybridized carbons (Fsp3) is 0.667. The topological polar surface area (TPSA) is 54.0 Å². The van der Waals surface area contributed by atoms with Gasteiger partial charge in [-0.25, -0.2) is 4.79 Å². The summed E-state index contributed by atoms with van der Waals surface area (Å²) in [6.07, 6.45) is 5.38. The summed E-state index contributed by atoms with van der Waals surface area (Å²) in [4.78, 5) is 16.6. The highest BCUT2D eigenvalue weighted by Gasteiger charge is 2.35. The first-order valence-corrected chi connectivity index (χ1v) is 10.4. The minimum absolute atomic E-state index is 0.0673. The number of morpholine rings is 1. The first-order chi connectivity index (χ1) is 13.3. The maximum Gasteiger partial charge on any atom is 0.321 e. The predicted molar refractivity (Wildman–Crippen MR) is 105 cm³/mol. The van der Waals surface area contributed by atoms with E-state index in [2.05, 4.69) is 10.2 Å². The van der Waals surface area contributed by atoms with Gasteiger partial charge in [0, 0.05) is 38.4 Å². The second-order valence-electron chi connectivity index (χ2n) is 7.97. The Labute approximate surface area is 161 Å². The number of nitrogens with zero attached hydrogens (tertiary/aromatic N) is 2. The third-order valence-electron chi connectivity index (χ3n) is 6.09. The number of anilines is 1. The van der Waals surface area contributed by atoms with Crippen LogP contribution in [0.5, 0.6) is 5.75 Å². The summed E-state index contributed by atoms with van der Waals surface area (Å²) in [5.74, 6) is 2.79. The molecule has 0 radical (unpaired) electrons. The normalized spacial score (nSPS) is 25.4. The number of likely N-dealkylation sites (tertiary alicyclic amines) is 1. The van der Waals surface area contributed by atoms with Crippen LogP contribution in [0.1, 0.15) is 25.7 Å². The van der Waals surface area contributed by atoms with Crippen molar-refractivity contribution in [2.75, 3.05) is 57.9 Å². The SMILES string of the molecule is O=C(Nc1ccc(OCCCN2CC3CCCC3C2)cc1)N1CCOCC1. The van der Waals surface area contributed by atoms with Crippen molar-refractivity contribution in [1.29, 1.82) is 0 Å². The maximum absolute atomic E-state index is 12.2. The second-order valence-corrected chi connectivity index (χ2v) is 7.97. The van der Waals surface area contributed by atoms with Gasteiger partial charge in [-0.2, -0.15) is 0 Å². The molecule has 1 aromatic rings. The lowest BCUT2D eigenvalue weighted by Gasteiger charge is -2.26. The van der Waals surface area contributed by atoms with E-state index in [-0.39, 0.29) is 6.03 Å². The lowest BCUT2D eigenvalue weighted by Crippen LogP contribution is -2.43. The minimum atomic E-state index is -0.0673. The van der Waals surface area contributed by atoms with Gasteiger partial charge >= 0.3 is 6.03 Å². The molecule has 2 unspecified atom stereocenters. The van der Waals surface area contributed by atoms with Crippen molar-refractivity contribution in [3.63, 3.8) is 0 Å². The number of carbonyl (C=O) groups excluding carboxylic acids is 1. The molecule has 0 bridgehead atoms. The number of hydrogen-bond acceptors (Lipinski definition) is 4. The molecule has 4 rings (SSSR count). The lowest BCUT2D eigenvalue weighted by molar-refractivity contribution is 0.0564. The zero-order valence-corrected chi connectivity index (χ0v) is 16.1. The summed E-state index contributed by atoms with van der Waals surface area (Å²) in [6, 6.07) is 7.58. The van der Waals surface area contributed by atoms with Crippen molar-refractivity contribution in [3.8, 4) is 5.75 Å². The largest absolute Gasteiger partial charge is 0.494 e. The van der Waals surface area contributed by atoms with Crippen molar-refractivity contribution in [3.05, 3.63) is 24.3 Å². The van der Waals surface area contributed by atoms with E-state index in [0.29, 0.717) is 26.3 Å². The van der Waals surface area contributed by atoms with Crippen LogP contribution in [0.2, 0.25) is 0 Å². The van der Waals surface area contributed by atoms with Crippen molar-refractivity contribution in [2.24, 2.45) is 11.8 Å². The average molecular weight is 373 g/mol. The van der Waals surface area contributed by atoms with Crippen LogP contribution < -0.4 is 10.1 Å². The van der Waals surface area contributed by atoms with E-state index in [1.807, 2.05) is 24.3 Å². The highest BCUT2D eigenvalue weighted by molar-refractivity contribution is 5.89. The van der Waals surface area contributed by atoms with Gasteiger partial charge in [-0.3, -0.25) is 0 Å². The molecule has 1 saturated carbocycles. The summed E-state index contributed by atoms with van der Waals surface area (Å²) in [6.45, 7) is 6.98. The molecule has 2 amide bonds. The number of rotatable bonds is 6. The Morgan fingerprint density at radius 2 is 1.81 bits per heavy atom. The molecule has 27 heavy (non-hydrogen) atoms. The summed E-state index contributed by atoms with van der Waals surface area (Å²) in [7, 11) is 0. The summed E-state index contributed by atoms with van der Waals surface area (Å²) in [5.41, 5.74) is 0.794. The number of urea groups is 1. The molecule has 6 nitrogen and oxygen atoms in total. The zero-order valence-electron chi connectivity index (χ0n) is 16.1. The van der Waals surface area contributed by atoms with Gasteiger partial charge in [0.2, 0.25) is 0 Å². The third kappa shape index (κ3) is 4.93. The Bertz CT molecular complexity index is 604. The molecule has 2 aliphatic heterocycles. The number of benzene rings is 1. The van der Waals surface area contributed by atoms with Gasteiger partial charge in [-0.1, -0.05) is 6.42 Å². The van der Waals surface area contributed by atoms with E-state index in [9.17, 15) is 4.79 Å². The summed E-state index contributed by atoms with van der Waals surface area (Å²) < 4.78 is 11.1. The van der Waals surface area contributed by atoms with Crippen LogP contribution >= 0.6 is 0 Å². The van der Waals surface area contributed by atoms with Crippen LogP contribution in [-0.2, 0) is 4.74 Å². The van der Waals surface area contributed by atoms with E-state index < -0.39 is 0 Å². The Hall–Kier alpha value is -1.79. The van der Waals surface area contributed by atoms with Crippen LogP contribution in [0.4, 0.5) is 10.5 Å². The molecule has 6 heteroatoms. The first kappa shape index (κ1) is 18.6. The predicted octanol–water partition coefficient (Wildman–Crippen LogP) is 3.05. The number of amides is 2. The Kier molecular flexibility index (Phi) is 6.14. The monoisotopic (exact) mass is 373 g/mol. The number of carbonyl (C=O) groups is 1. The molecule has 0 aromatic heterocycles. The smallest absolute Gasteiger partial charge is 0.321 e. The fourth-order valence-electron chi connectivity index (χ4n) is 4.60. The van der Waals surface area contributed by atoms with Crippen LogP contribution in [0.25, 0.3) is 0 Å². The molecule has 1 aliphatic carbocycles. The molecule has 2 atom stereocenters. The molecule has 2 heterocycles. The van der Waals surface area contributed by atoms with Crippen molar-refractivity contribution >= 4 is 11.7 Å². The van der Waals surface area contributed by atoms with Gasteiger partial charge in [0.05, 0.1) is 19.8 Å². The molecular weight excluding hydrogens is 342 g/mol. The summed E-state index contributed by atoms with van der Waals surface area (Å²) >= 11 is 0. The van der Waals surface area contributed by atoms with Crippen molar-refractivity contribution in [1.82, 2.24) is 9.80 Å². The molecule has 3 aliphatic rings. The highest BCUT2D eigenvalue weighted by atomic mass is 16.5. The van der Waals surface area contributed by atoms with E-state index >= 15 is 0 Å². The lowest BCUT2D eigenvalue weighted by atomic mass is 10.0. The van der Waals surface area contributed by atoms with Crippen molar-refractivity contribution in [2.45, 2.75) is 25.7 Å². The van der Waals surface area contributed by atoms with E-state index in [1.54, 1.807) is 4.90 Å².